The number of thiazole rings is 1. The molecule has 35 heavy (non-hydrogen) atoms. The number of hydrogen-bond donors (Lipinski definition) is 3. The Morgan fingerprint density at radius 3 is 2.63 bits per heavy atom. The SMILES string of the molecule is COc1cc([C@@H]2c3sc(=O)n(CC(=O)Nc4ccc(F)cc4)c3S[C@@H]3C(=O)NC(=O)[C@H]23)ccc1O. The van der Waals surface area contributed by atoms with Crippen LogP contribution in [0.1, 0.15) is 16.4 Å². The van der Waals surface area contributed by atoms with Gasteiger partial charge in [0, 0.05) is 16.5 Å². The lowest BCUT2D eigenvalue weighted by Crippen LogP contribution is -2.32. The average Bonchev–Trinajstić information content (AvgIpc) is 3.29. The number of carbonyl (C=O) groups excluding carboxylic acids is 3. The van der Waals surface area contributed by atoms with Gasteiger partial charge in [-0.2, -0.15) is 0 Å². The summed E-state index contributed by atoms with van der Waals surface area (Å²) in [7, 11) is 1.39. The molecule has 0 radical (unpaired) electrons. The number of aromatic nitrogens is 1. The normalized spacial score (nSPS) is 20.7. The molecule has 3 atom stereocenters. The molecule has 0 bridgehead atoms. The molecule has 0 aliphatic carbocycles. The van der Waals surface area contributed by atoms with Crippen molar-refractivity contribution in [1.82, 2.24) is 9.88 Å². The summed E-state index contributed by atoms with van der Waals surface area (Å²) in [6.07, 6.45) is 0. The highest BCUT2D eigenvalue weighted by Gasteiger charge is 2.53. The summed E-state index contributed by atoms with van der Waals surface area (Å²) < 4.78 is 19.6. The van der Waals surface area contributed by atoms with E-state index in [1.54, 1.807) is 12.1 Å². The second-order valence-electron chi connectivity index (χ2n) is 8.01. The van der Waals surface area contributed by atoms with Crippen LogP contribution in [0.15, 0.2) is 52.3 Å². The zero-order valence-electron chi connectivity index (χ0n) is 18.1. The Morgan fingerprint density at radius 1 is 1.17 bits per heavy atom. The zero-order valence-corrected chi connectivity index (χ0v) is 19.7. The smallest absolute Gasteiger partial charge is 0.308 e. The fraction of sp³-hybridized carbons (Fsp3) is 0.217. The molecular formula is C23H18FN3O6S2. The molecule has 2 aliphatic rings. The number of aromatic hydroxyl groups is 1. The second-order valence-corrected chi connectivity index (χ2v) is 10.1. The summed E-state index contributed by atoms with van der Waals surface area (Å²) >= 11 is 1.98. The van der Waals surface area contributed by atoms with Crippen molar-refractivity contribution >= 4 is 46.5 Å². The van der Waals surface area contributed by atoms with E-state index in [2.05, 4.69) is 10.6 Å². The maximum absolute atomic E-state index is 13.1. The number of amides is 3. The first-order valence-corrected chi connectivity index (χ1v) is 12.1. The highest BCUT2D eigenvalue weighted by Crippen LogP contribution is 2.52. The van der Waals surface area contributed by atoms with Crippen molar-refractivity contribution in [2.45, 2.75) is 22.7 Å². The summed E-state index contributed by atoms with van der Waals surface area (Å²) in [6.45, 7) is -0.326. The van der Waals surface area contributed by atoms with Gasteiger partial charge in [0.25, 0.3) is 0 Å². The predicted octanol–water partition coefficient (Wildman–Crippen LogP) is 2.28. The number of fused-ring (bicyclic) bond motifs is 2. The van der Waals surface area contributed by atoms with Gasteiger partial charge in [-0.15, -0.1) is 0 Å². The minimum atomic E-state index is -0.791. The van der Waals surface area contributed by atoms with Crippen LogP contribution in [0, 0.1) is 11.7 Å². The minimum absolute atomic E-state index is 0.0895. The van der Waals surface area contributed by atoms with Gasteiger partial charge >= 0.3 is 4.87 Å². The molecule has 1 fully saturated rings. The standard InChI is InChI=1S/C23H18FN3O6S2/c1-33-14-8-10(2-7-13(14)28)16-17-18(21(31)26-20(17)30)34-22-19(16)35-23(32)27(22)9-15(29)25-12-5-3-11(24)4-6-12/h2-8,16-18,28H,9H2,1H3,(H,25,29)(H,26,30,31)/t16-,17+,18-/m0/s1. The van der Waals surface area contributed by atoms with Crippen LogP contribution < -0.4 is 20.2 Å². The maximum atomic E-state index is 13.1. The molecular weight excluding hydrogens is 497 g/mol. The number of rotatable bonds is 5. The fourth-order valence-electron chi connectivity index (χ4n) is 4.30. The van der Waals surface area contributed by atoms with Crippen molar-refractivity contribution in [3.8, 4) is 11.5 Å². The van der Waals surface area contributed by atoms with Gasteiger partial charge in [-0.3, -0.25) is 29.1 Å². The average molecular weight is 516 g/mol. The fourth-order valence-corrected chi connectivity index (χ4v) is 7.04. The third kappa shape index (κ3) is 4.08. The number of imide groups is 1. The van der Waals surface area contributed by atoms with Crippen molar-refractivity contribution < 1.29 is 28.6 Å². The first kappa shape index (κ1) is 23.1. The number of phenols is 1. The van der Waals surface area contributed by atoms with Crippen molar-refractivity contribution in [3.63, 3.8) is 0 Å². The lowest BCUT2D eigenvalue weighted by Gasteiger charge is -2.31. The maximum Gasteiger partial charge on any atom is 0.308 e. The minimum Gasteiger partial charge on any atom is -0.504 e. The third-order valence-electron chi connectivity index (χ3n) is 5.88. The van der Waals surface area contributed by atoms with E-state index in [9.17, 15) is 28.7 Å². The number of thioether (sulfide) groups is 1. The number of nitrogens with zero attached hydrogens (tertiary/aromatic N) is 1. The van der Waals surface area contributed by atoms with Gasteiger partial charge in [-0.25, -0.2) is 4.39 Å². The van der Waals surface area contributed by atoms with Crippen LogP contribution in [0.2, 0.25) is 0 Å². The van der Waals surface area contributed by atoms with E-state index in [4.69, 9.17) is 4.74 Å². The van der Waals surface area contributed by atoms with Gasteiger partial charge in [0.2, 0.25) is 17.7 Å². The molecule has 1 saturated heterocycles. The number of ether oxygens (including phenoxy) is 1. The molecule has 2 aliphatic heterocycles. The van der Waals surface area contributed by atoms with Crippen molar-refractivity contribution in [3.05, 3.63) is 68.4 Å². The second kappa shape index (κ2) is 8.86. The summed E-state index contributed by atoms with van der Waals surface area (Å²) in [5, 5.41) is 14.6. The molecule has 5 rings (SSSR count). The highest BCUT2D eigenvalue weighted by molar-refractivity contribution is 8.00. The zero-order chi connectivity index (χ0) is 24.9. The molecule has 12 heteroatoms. The van der Waals surface area contributed by atoms with Crippen molar-refractivity contribution in [2.24, 2.45) is 5.92 Å². The number of hydrogen-bond acceptors (Lipinski definition) is 8. The Morgan fingerprint density at radius 2 is 1.91 bits per heavy atom. The van der Waals surface area contributed by atoms with Gasteiger partial charge in [-0.05, 0) is 42.0 Å². The molecule has 2 aromatic carbocycles. The molecule has 0 saturated carbocycles. The van der Waals surface area contributed by atoms with E-state index >= 15 is 0 Å². The van der Waals surface area contributed by atoms with Gasteiger partial charge in [0.15, 0.2) is 11.5 Å². The van der Waals surface area contributed by atoms with Crippen LogP contribution in [-0.4, -0.2) is 39.8 Å². The largest absolute Gasteiger partial charge is 0.504 e. The van der Waals surface area contributed by atoms with Crippen LogP contribution in [0.5, 0.6) is 11.5 Å². The van der Waals surface area contributed by atoms with Gasteiger partial charge in [-0.1, -0.05) is 29.2 Å². The molecule has 0 spiro atoms. The topological polar surface area (TPSA) is 127 Å². The van der Waals surface area contributed by atoms with E-state index < -0.39 is 45.5 Å². The highest BCUT2D eigenvalue weighted by atomic mass is 32.2. The van der Waals surface area contributed by atoms with Crippen LogP contribution in [-0.2, 0) is 20.9 Å². The van der Waals surface area contributed by atoms with E-state index in [1.807, 2.05) is 0 Å². The Kier molecular flexibility index (Phi) is 5.85. The number of benzene rings is 2. The van der Waals surface area contributed by atoms with E-state index in [0.29, 0.717) is 21.2 Å². The predicted molar refractivity (Wildman–Crippen MR) is 126 cm³/mol. The van der Waals surface area contributed by atoms with Crippen molar-refractivity contribution in [1.29, 1.82) is 0 Å². The molecule has 9 nitrogen and oxygen atoms in total. The number of methoxy groups -OCH3 is 1. The van der Waals surface area contributed by atoms with Crippen LogP contribution >= 0.6 is 23.1 Å². The summed E-state index contributed by atoms with van der Waals surface area (Å²) in [4.78, 5) is 51.1. The van der Waals surface area contributed by atoms with Gasteiger partial charge in [0.05, 0.1) is 18.1 Å². The van der Waals surface area contributed by atoms with Crippen molar-refractivity contribution in [2.75, 3.05) is 12.4 Å². The van der Waals surface area contributed by atoms with Crippen LogP contribution in [0.3, 0.4) is 0 Å². The van der Waals surface area contributed by atoms with Gasteiger partial charge < -0.3 is 15.2 Å². The summed E-state index contributed by atoms with van der Waals surface area (Å²) in [5.74, 6) is -3.19. The lowest BCUT2D eigenvalue weighted by molar-refractivity contribution is -0.126. The number of anilines is 1. The molecule has 1 aromatic heterocycles. The van der Waals surface area contributed by atoms with E-state index in [-0.39, 0.29) is 18.0 Å². The number of halogens is 1. The number of phenolic OH excluding ortho intramolecular Hbond substituents is 1. The molecule has 180 valence electrons. The van der Waals surface area contributed by atoms with E-state index in [1.165, 1.54) is 42.0 Å². The lowest BCUT2D eigenvalue weighted by atomic mass is 9.83. The Bertz CT molecular complexity index is 1420. The Balaban J connectivity index is 1.55. The van der Waals surface area contributed by atoms with Crippen LogP contribution in [0.25, 0.3) is 0 Å². The third-order valence-corrected chi connectivity index (χ3v) is 8.50. The molecule has 3 heterocycles. The number of carbonyl (C=O) groups is 3. The molecule has 3 amide bonds. The summed E-state index contributed by atoms with van der Waals surface area (Å²) in [6, 6.07) is 9.83. The van der Waals surface area contributed by atoms with Crippen LogP contribution in [0.4, 0.5) is 10.1 Å². The van der Waals surface area contributed by atoms with E-state index in [0.717, 1.165) is 23.1 Å². The Labute approximate surface area is 205 Å². The molecule has 3 aromatic rings. The molecule has 0 unspecified atom stereocenters. The summed E-state index contributed by atoms with van der Waals surface area (Å²) in [5.41, 5.74) is 0.960. The Hall–Kier alpha value is -3.64. The first-order chi connectivity index (χ1) is 16.8. The molecule has 3 N–H and O–H groups in total. The first-order valence-electron chi connectivity index (χ1n) is 10.4. The quantitative estimate of drug-likeness (QED) is 0.445. The monoisotopic (exact) mass is 515 g/mol. The number of nitrogens with one attached hydrogen (secondary N) is 2. The van der Waals surface area contributed by atoms with Gasteiger partial charge in [0.1, 0.15) is 17.6 Å².